The van der Waals surface area contributed by atoms with Gasteiger partial charge < -0.3 is 19.9 Å². The summed E-state index contributed by atoms with van der Waals surface area (Å²) in [7, 11) is 1.39. The van der Waals surface area contributed by atoms with E-state index in [0.29, 0.717) is 20.7 Å². The van der Waals surface area contributed by atoms with E-state index in [-0.39, 0.29) is 17.1 Å². The Kier molecular flexibility index (Phi) is 7.44. The van der Waals surface area contributed by atoms with Crippen LogP contribution in [-0.4, -0.2) is 30.7 Å². The summed E-state index contributed by atoms with van der Waals surface area (Å²) < 4.78 is 10.8. The lowest BCUT2D eigenvalue weighted by molar-refractivity contribution is -0.139. The molecule has 2 aromatic carbocycles. The second-order valence-electron chi connectivity index (χ2n) is 5.35. The van der Waals surface area contributed by atoms with Crippen molar-refractivity contribution >= 4 is 51.2 Å². The van der Waals surface area contributed by atoms with Crippen molar-refractivity contribution in [2.75, 3.05) is 19.0 Å². The molecule has 2 aromatic rings. The molecule has 0 aliphatic heterocycles. The maximum atomic E-state index is 12.3. The molecule has 1 amide bonds. The number of hydrogen-bond acceptors (Lipinski definition) is 5. The molecule has 0 radical (unpaired) electrons. The molecule has 7 nitrogen and oxygen atoms in total. The average Bonchev–Trinajstić information content (AvgIpc) is 2.66. The molecule has 0 fully saturated rings. The van der Waals surface area contributed by atoms with E-state index in [1.165, 1.54) is 19.3 Å². The average molecular weight is 466 g/mol. The summed E-state index contributed by atoms with van der Waals surface area (Å²) in [6.45, 7) is -0.545. The Morgan fingerprint density at radius 3 is 2.57 bits per heavy atom. The Morgan fingerprint density at radius 2 is 2.00 bits per heavy atom. The van der Waals surface area contributed by atoms with Gasteiger partial charge in [0.15, 0.2) is 18.1 Å². The molecular weight excluding hydrogens is 452 g/mol. The minimum absolute atomic E-state index is 0.136. The highest BCUT2D eigenvalue weighted by atomic mass is 79.9. The number of benzene rings is 2. The number of carboxylic acids is 1. The van der Waals surface area contributed by atoms with Crippen molar-refractivity contribution in [1.29, 1.82) is 5.26 Å². The van der Waals surface area contributed by atoms with Crippen LogP contribution in [0, 0.1) is 11.3 Å². The van der Waals surface area contributed by atoms with Crippen LogP contribution in [0.1, 0.15) is 5.56 Å². The standard InChI is InChI=1S/C19H14BrClN2O5/c1-27-16-8-11(7-15(20)18(16)28-10-17(24)25)6-12(9-22)19(26)23-14-4-2-13(21)3-5-14/h2-8H,10H2,1H3,(H,23,26)(H,24,25)/b12-6-. The largest absolute Gasteiger partial charge is 0.493 e. The zero-order valence-corrected chi connectivity index (χ0v) is 16.9. The van der Waals surface area contributed by atoms with E-state index in [1.807, 2.05) is 6.07 Å². The zero-order chi connectivity index (χ0) is 20.7. The molecule has 0 atom stereocenters. The Morgan fingerprint density at radius 1 is 1.32 bits per heavy atom. The maximum absolute atomic E-state index is 12.3. The van der Waals surface area contributed by atoms with Gasteiger partial charge in [0.25, 0.3) is 5.91 Å². The van der Waals surface area contributed by atoms with Crippen molar-refractivity contribution in [1.82, 2.24) is 0 Å². The fourth-order valence-corrected chi connectivity index (χ4v) is 2.84. The van der Waals surface area contributed by atoms with Gasteiger partial charge in [-0.3, -0.25) is 4.79 Å². The first kappa shape index (κ1) is 21.3. The van der Waals surface area contributed by atoms with E-state index in [1.54, 1.807) is 30.3 Å². The summed E-state index contributed by atoms with van der Waals surface area (Å²) in [5.74, 6) is -1.28. The minimum Gasteiger partial charge on any atom is -0.493 e. The first-order valence-corrected chi connectivity index (χ1v) is 8.92. The SMILES string of the molecule is COc1cc(/C=C(/C#N)C(=O)Nc2ccc(Cl)cc2)cc(Br)c1OCC(=O)O. The number of hydrogen-bond donors (Lipinski definition) is 2. The number of carbonyl (C=O) groups is 2. The van der Waals surface area contributed by atoms with Crippen LogP contribution in [0.4, 0.5) is 5.69 Å². The molecule has 0 saturated carbocycles. The number of nitrogens with zero attached hydrogens (tertiary/aromatic N) is 1. The number of aliphatic carboxylic acids is 1. The first-order chi connectivity index (χ1) is 13.3. The number of carboxylic acid groups (broad SMARTS) is 1. The van der Waals surface area contributed by atoms with E-state index in [4.69, 9.17) is 26.2 Å². The van der Waals surface area contributed by atoms with Crippen LogP contribution in [0.15, 0.2) is 46.4 Å². The van der Waals surface area contributed by atoms with Crippen LogP contribution >= 0.6 is 27.5 Å². The number of nitriles is 1. The monoisotopic (exact) mass is 464 g/mol. The van der Waals surface area contributed by atoms with E-state index in [9.17, 15) is 14.9 Å². The molecule has 0 aliphatic rings. The molecule has 0 unspecified atom stereocenters. The van der Waals surface area contributed by atoms with Gasteiger partial charge in [-0.05, 0) is 64.0 Å². The molecule has 2 N–H and O–H groups in total. The van der Waals surface area contributed by atoms with Crippen LogP contribution < -0.4 is 14.8 Å². The van der Waals surface area contributed by atoms with Crippen molar-refractivity contribution in [2.45, 2.75) is 0 Å². The molecular formula is C19H14BrClN2O5. The quantitative estimate of drug-likeness (QED) is 0.470. The number of rotatable bonds is 7. The van der Waals surface area contributed by atoms with Crippen molar-refractivity contribution in [3.05, 3.63) is 57.0 Å². The van der Waals surface area contributed by atoms with E-state index >= 15 is 0 Å². The van der Waals surface area contributed by atoms with Crippen LogP contribution in [0.25, 0.3) is 6.08 Å². The summed E-state index contributed by atoms with van der Waals surface area (Å²) in [5, 5.41) is 21.2. The van der Waals surface area contributed by atoms with Crippen molar-refractivity contribution < 1.29 is 24.2 Å². The van der Waals surface area contributed by atoms with Gasteiger partial charge in [0.1, 0.15) is 11.6 Å². The van der Waals surface area contributed by atoms with Gasteiger partial charge >= 0.3 is 5.97 Å². The van der Waals surface area contributed by atoms with Gasteiger partial charge in [-0.1, -0.05) is 11.6 Å². The molecule has 0 bridgehead atoms. The third kappa shape index (κ3) is 5.74. The van der Waals surface area contributed by atoms with Gasteiger partial charge in [0.05, 0.1) is 11.6 Å². The number of nitrogens with one attached hydrogen (secondary N) is 1. The number of methoxy groups -OCH3 is 1. The lowest BCUT2D eigenvalue weighted by Crippen LogP contribution is -2.13. The minimum atomic E-state index is -1.14. The Balaban J connectivity index is 2.28. The second kappa shape index (κ2) is 9.78. The van der Waals surface area contributed by atoms with Crippen molar-refractivity contribution in [2.24, 2.45) is 0 Å². The third-order valence-corrected chi connectivity index (χ3v) is 4.21. The summed E-state index contributed by atoms with van der Waals surface area (Å²) in [6.07, 6.45) is 1.37. The molecule has 9 heteroatoms. The normalized spacial score (nSPS) is 10.7. The topological polar surface area (TPSA) is 109 Å². The molecule has 0 spiro atoms. The predicted molar refractivity (Wildman–Crippen MR) is 107 cm³/mol. The Bertz CT molecular complexity index is 968. The van der Waals surface area contributed by atoms with Crippen LogP contribution in [0.5, 0.6) is 11.5 Å². The van der Waals surface area contributed by atoms with Gasteiger partial charge in [-0.15, -0.1) is 0 Å². The molecule has 0 aliphatic carbocycles. The Hall–Kier alpha value is -3.02. The van der Waals surface area contributed by atoms with Crippen molar-refractivity contribution in [3.8, 4) is 17.6 Å². The molecule has 144 valence electrons. The predicted octanol–water partition coefficient (Wildman–Crippen LogP) is 4.12. The number of amides is 1. The van der Waals surface area contributed by atoms with Crippen LogP contribution in [0.3, 0.4) is 0 Å². The van der Waals surface area contributed by atoms with Crippen LogP contribution in [-0.2, 0) is 9.59 Å². The smallest absolute Gasteiger partial charge is 0.341 e. The highest BCUT2D eigenvalue weighted by Gasteiger charge is 2.15. The fourth-order valence-electron chi connectivity index (χ4n) is 2.14. The summed E-state index contributed by atoms with van der Waals surface area (Å²) >= 11 is 9.08. The van der Waals surface area contributed by atoms with E-state index < -0.39 is 18.5 Å². The summed E-state index contributed by atoms with van der Waals surface area (Å²) in [6, 6.07) is 11.4. The second-order valence-corrected chi connectivity index (χ2v) is 6.64. The van der Waals surface area contributed by atoms with E-state index in [2.05, 4.69) is 21.2 Å². The van der Waals surface area contributed by atoms with E-state index in [0.717, 1.165) is 0 Å². The van der Waals surface area contributed by atoms with Gasteiger partial charge in [0, 0.05) is 10.7 Å². The summed E-state index contributed by atoms with van der Waals surface area (Å²) in [4.78, 5) is 23.0. The van der Waals surface area contributed by atoms with Gasteiger partial charge in [0.2, 0.25) is 0 Å². The number of ether oxygens (including phenoxy) is 2. The molecule has 0 heterocycles. The maximum Gasteiger partial charge on any atom is 0.341 e. The molecule has 2 rings (SSSR count). The third-order valence-electron chi connectivity index (χ3n) is 3.37. The van der Waals surface area contributed by atoms with Gasteiger partial charge in [-0.2, -0.15) is 5.26 Å². The van der Waals surface area contributed by atoms with Crippen LogP contribution in [0.2, 0.25) is 5.02 Å². The number of carbonyl (C=O) groups excluding carboxylic acids is 1. The summed E-state index contributed by atoms with van der Waals surface area (Å²) in [5.41, 5.74) is 0.837. The highest BCUT2D eigenvalue weighted by Crippen LogP contribution is 2.37. The lowest BCUT2D eigenvalue weighted by Gasteiger charge is -2.12. The molecule has 0 saturated heterocycles. The molecule has 0 aromatic heterocycles. The lowest BCUT2D eigenvalue weighted by atomic mass is 10.1. The van der Waals surface area contributed by atoms with Crippen molar-refractivity contribution in [3.63, 3.8) is 0 Å². The van der Waals surface area contributed by atoms with Gasteiger partial charge in [-0.25, -0.2) is 4.79 Å². The zero-order valence-electron chi connectivity index (χ0n) is 14.5. The first-order valence-electron chi connectivity index (χ1n) is 7.75. The highest BCUT2D eigenvalue weighted by molar-refractivity contribution is 9.10. The fraction of sp³-hybridized carbons (Fsp3) is 0.105. The molecule has 28 heavy (non-hydrogen) atoms. The number of halogens is 2. The Labute approximate surface area is 174 Å². The number of anilines is 1.